The minimum Gasteiger partial charge on any atom is -0.481 e. The number of piperazine rings is 1. The molecular formula is C20H20F4N2O3S. The summed E-state index contributed by atoms with van der Waals surface area (Å²) in [6, 6.07) is 9.16. The van der Waals surface area contributed by atoms with Crippen LogP contribution in [0.5, 0.6) is 0 Å². The van der Waals surface area contributed by atoms with Crippen molar-refractivity contribution in [2.75, 3.05) is 24.5 Å². The Morgan fingerprint density at radius 3 is 2.53 bits per heavy atom. The molecule has 1 aliphatic rings. The Labute approximate surface area is 173 Å². The number of benzene rings is 2. The zero-order chi connectivity index (χ0) is 22.1. The third kappa shape index (κ3) is 4.99. The minimum atomic E-state index is -4.75. The highest BCUT2D eigenvalue weighted by atomic mass is 32.2. The van der Waals surface area contributed by atoms with E-state index in [0.717, 1.165) is 12.1 Å². The largest absolute Gasteiger partial charge is 0.481 e. The molecule has 1 fully saturated rings. The van der Waals surface area contributed by atoms with Crippen LogP contribution in [0.1, 0.15) is 18.1 Å². The second kappa shape index (κ2) is 8.73. The number of aliphatic carboxylic acids is 1. The smallest absolute Gasteiger partial charge is 0.419 e. The van der Waals surface area contributed by atoms with E-state index in [1.54, 1.807) is 33.5 Å². The molecule has 0 radical (unpaired) electrons. The van der Waals surface area contributed by atoms with Gasteiger partial charge in [-0.3, -0.25) is 4.79 Å². The van der Waals surface area contributed by atoms with Crippen LogP contribution in [0.4, 0.5) is 23.2 Å². The molecule has 3 rings (SSSR count). The van der Waals surface area contributed by atoms with E-state index in [-0.39, 0.29) is 12.5 Å². The lowest BCUT2D eigenvalue weighted by Gasteiger charge is -2.40. The normalized spacial score (nSPS) is 19.0. The molecule has 1 heterocycles. The summed E-state index contributed by atoms with van der Waals surface area (Å²) >= 11 is 0. The molecule has 0 saturated carbocycles. The summed E-state index contributed by atoms with van der Waals surface area (Å²) in [5, 5.41) is 8.92. The van der Waals surface area contributed by atoms with Gasteiger partial charge in [0.05, 0.1) is 16.9 Å². The summed E-state index contributed by atoms with van der Waals surface area (Å²) < 4.78 is 66.9. The van der Waals surface area contributed by atoms with Gasteiger partial charge in [0.15, 0.2) is 0 Å². The first-order valence-electron chi connectivity index (χ1n) is 9.17. The number of carboxylic acids is 1. The first-order chi connectivity index (χ1) is 14.1. The molecule has 1 N–H and O–H groups in total. The molecule has 0 amide bonds. The monoisotopic (exact) mass is 444 g/mol. The van der Waals surface area contributed by atoms with Crippen molar-refractivity contribution < 1.29 is 31.7 Å². The molecule has 1 aliphatic heterocycles. The van der Waals surface area contributed by atoms with Crippen LogP contribution in [-0.4, -0.2) is 45.3 Å². The van der Waals surface area contributed by atoms with Crippen LogP contribution >= 0.6 is 0 Å². The van der Waals surface area contributed by atoms with E-state index in [1.807, 2.05) is 6.92 Å². The van der Waals surface area contributed by atoms with Crippen LogP contribution in [0.15, 0.2) is 47.4 Å². The van der Waals surface area contributed by atoms with Gasteiger partial charge in [-0.1, -0.05) is 12.1 Å². The third-order valence-corrected chi connectivity index (χ3v) is 6.48. The van der Waals surface area contributed by atoms with E-state index >= 15 is 0 Å². The van der Waals surface area contributed by atoms with Gasteiger partial charge in [-0.2, -0.15) is 13.2 Å². The standard InChI is InChI=1S/C20H20F4N2O3S/c1-13-12-25(15-5-6-17(18(21)11-15)20(22,23)24)7-8-26(13)30(29)16-4-2-3-14(9-16)10-19(27)28/h2-6,9,11,13H,7-8,10,12H2,1H3,(H,27,28). The summed E-state index contributed by atoms with van der Waals surface area (Å²) in [6.45, 7) is 2.88. The Balaban J connectivity index is 1.72. The topological polar surface area (TPSA) is 60.9 Å². The highest BCUT2D eigenvalue weighted by Gasteiger charge is 2.35. The molecule has 2 atom stereocenters. The van der Waals surface area contributed by atoms with Crippen molar-refractivity contribution in [2.45, 2.75) is 30.5 Å². The Hall–Kier alpha value is -2.46. The minimum absolute atomic E-state index is 0.173. The van der Waals surface area contributed by atoms with Crippen molar-refractivity contribution in [3.05, 3.63) is 59.4 Å². The molecular weight excluding hydrogens is 424 g/mol. The molecule has 5 nitrogen and oxygen atoms in total. The van der Waals surface area contributed by atoms with Gasteiger partial charge in [0.25, 0.3) is 0 Å². The van der Waals surface area contributed by atoms with Gasteiger partial charge in [-0.15, -0.1) is 0 Å². The average Bonchev–Trinajstić information content (AvgIpc) is 2.66. The van der Waals surface area contributed by atoms with E-state index < -0.39 is 34.5 Å². The van der Waals surface area contributed by atoms with Crippen LogP contribution < -0.4 is 4.90 Å². The lowest BCUT2D eigenvalue weighted by atomic mass is 10.1. The second-order valence-corrected chi connectivity index (χ2v) is 8.50. The van der Waals surface area contributed by atoms with Gasteiger partial charge in [0.2, 0.25) is 0 Å². The van der Waals surface area contributed by atoms with Crippen LogP contribution in [-0.2, 0) is 28.4 Å². The van der Waals surface area contributed by atoms with Gasteiger partial charge < -0.3 is 10.0 Å². The fraction of sp³-hybridized carbons (Fsp3) is 0.350. The number of hydrogen-bond acceptors (Lipinski definition) is 3. The van der Waals surface area contributed by atoms with Crippen molar-refractivity contribution in [2.24, 2.45) is 0 Å². The number of alkyl halides is 3. The lowest BCUT2D eigenvalue weighted by Crippen LogP contribution is -2.52. The van der Waals surface area contributed by atoms with Crippen LogP contribution in [0.2, 0.25) is 0 Å². The molecule has 0 aromatic heterocycles. The summed E-state index contributed by atoms with van der Waals surface area (Å²) in [6.07, 6.45) is -4.92. The molecule has 0 aliphatic carbocycles. The van der Waals surface area contributed by atoms with Gasteiger partial charge in [0, 0.05) is 31.4 Å². The molecule has 2 aromatic carbocycles. The zero-order valence-corrected chi connectivity index (χ0v) is 16.8. The number of nitrogens with zero attached hydrogens (tertiary/aromatic N) is 2. The molecule has 30 heavy (non-hydrogen) atoms. The summed E-state index contributed by atoms with van der Waals surface area (Å²) in [5.74, 6) is -2.31. The van der Waals surface area contributed by atoms with Crippen LogP contribution in [0, 0.1) is 5.82 Å². The highest BCUT2D eigenvalue weighted by Crippen LogP contribution is 2.33. The van der Waals surface area contributed by atoms with E-state index in [4.69, 9.17) is 5.11 Å². The van der Waals surface area contributed by atoms with Gasteiger partial charge in [-0.25, -0.2) is 12.9 Å². The fourth-order valence-electron chi connectivity index (χ4n) is 3.43. The summed E-state index contributed by atoms with van der Waals surface area (Å²) in [4.78, 5) is 13.1. The van der Waals surface area contributed by atoms with Gasteiger partial charge >= 0.3 is 12.1 Å². The number of carboxylic acid groups (broad SMARTS) is 1. The van der Waals surface area contributed by atoms with Crippen molar-refractivity contribution in [1.29, 1.82) is 0 Å². The Kier molecular flexibility index (Phi) is 6.47. The van der Waals surface area contributed by atoms with Gasteiger partial charge in [-0.05, 0) is 42.8 Å². The quantitative estimate of drug-likeness (QED) is 0.715. The highest BCUT2D eigenvalue weighted by molar-refractivity contribution is 7.82. The molecule has 2 aromatic rings. The van der Waals surface area contributed by atoms with Crippen LogP contribution in [0.25, 0.3) is 0 Å². The predicted molar refractivity (Wildman–Crippen MR) is 104 cm³/mol. The number of anilines is 1. The van der Waals surface area contributed by atoms with E-state index in [2.05, 4.69) is 0 Å². The first kappa shape index (κ1) is 22.2. The number of halogens is 4. The molecule has 2 unspecified atom stereocenters. The zero-order valence-electron chi connectivity index (χ0n) is 16.0. The third-order valence-electron chi connectivity index (χ3n) is 4.86. The van der Waals surface area contributed by atoms with Crippen molar-refractivity contribution >= 4 is 22.6 Å². The van der Waals surface area contributed by atoms with E-state index in [1.165, 1.54) is 6.07 Å². The summed E-state index contributed by atoms with van der Waals surface area (Å²) in [7, 11) is -1.53. The molecule has 1 saturated heterocycles. The second-order valence-electron chi connectivity index (χ2n) is 7.06. The van der Waals surface area contributed by atoms with Crippen molar-refractivity contribution in [1.82, 2.24) is 4.31 Å². The average molecular weight is 444 g/mol. The fourth-order valence-corrected chi connectivity index (χ4v) is 4.79. The predicted octanol–water partition coefficient (Wildman–Crippen LogP) is 3.70. The van der Waals surface area contributed by atoms with E-state index in [9.17, 15) is 26.6 Å². The van der Waals surface area contributed by atoms with Crippen molar-refractivity contribution in [3.63, 3.8) is 0 Å². The van der Waals surface area contributed by atoms with Gasteiger partial charge in [0.1, 0.15) is 16.8 Å². The first-order valence-corrected chi connectivity index (χ1v) is 10.3. The Morgan fingerprint density at radius 1 is 1.20 bits per heavy atom. The lowest BCUT2D eigenvalue weighted by molar-refractivity contribution is -0.140. The maximum Gasteiger partial charge on any atom is 0.419 e. The molecule has 10 heteroatoms. The summed E-state index contributed by atoms with van der Waals surface area (Å²) in [5.41, 5.74) is -0.429. The Morgan fingerprint density at radius 2 is 1.93 bits per heavy atom. The number of rotatable bonds is 5. The maximum absolute atomic E-state index is 13.9. The molecule has 0 spiro atoms. The molecule has 162 valence electrons. The number of hydrogen-bond donors (Lipinski definition) is 1. The van der Waals surface area contributed by atoms with E-state index in [0.29, 0.717) is 35.8 Å². The Bertz CT molecular complexity index is 967. The maximum atomic E-state index is 13.9. The number of carbonyl (C=O) groups is 1. The van der Waals surface area contributed by atoms with Crippen molar-refractivity contribution in [3.8, 4) is 0 Å². The molecule has 0 bridgehead atoms. The van der Waals surface area contributed by atoms with Crippen LogP contribution in [0.3, 0.4) is 0 Å². The SMILES string of the molecule is CC1CN(c2ccc(C(F)(F)F)c(F)c2)CCN1S(=O)c1cccc(CC(=O)O)c1.